The molecule has 0 unspecified atom stereocenters. The van der Waals surface area contributed by atoms with E-state index in [1.807, 2.05) is 55.6 Å². The number of ether oxygens (including phenoxy) is 1. The smallest absolute Gasteiger partial charge is 0.264 e. The first-order valence-corrected chi connectivity index (χ1v) is 9.12. The lowest BCUT2D eigenvalue weighted by molar-refractivity contribution is -0.118. The number of amides is 1. The SMILES string of the molecule is CSc1cccc2sc(NC(=O)COc3ccc(C)cc3)nc12. The summed E-state index contributed by atoms with van der Waals surface area (Å²) in [6.07, 6.45) is 2.02. The van der Waals surface area contributed by atoms with Crippen molar-refractivity contribution in [1.29, 1.82) is 0 Å². The zero-order valence-electron chi connectivity index (χ0n) is 12.8. The molecule has 3 aromatic rings. The number of rotatable bonds is 5. The molecule has 0 aliphatic carbocycles. The Hall–Kier alpha value is -2.05. The molecule has 0 aliphatic rings. The third-order valence-electron chi connectivity index (χ3n) is 3.24. The summed E-state index contributed by atoms with van der Waals surface area (Å²) >= 11 is 3.11. The van der Waals surface area contributed by atoms with Gasteiger partial charge >= 0.3 is 0 Å². The van der Waals surface area contributed by atoms with E-state index in [9.17, 15) is 4.79 Å². The van der Waals surface area contributed by atoms with Gasteiger partial charge in [0.05, 0.1) is 10.2 Å². The van der Waals surface area contributed by atoms with Gasteiger partial charge in [-0.15, -0.1) is 11.8 Å². The van der Waals surface area contributed by atoms with Crippen LogP contribution in [0.3, 0.4) is 0 Å². The summed E-state index contributed by atoms with van der Waals surface area (Å²) in [6, 6.07) is 13.6. The zero-order chi connectivity index (χ0) is 16.2. The second-order valence-corrected chi connectivity index (χ2v) is 6.85. The van der Waals surface area contributed by atoms with Crippen LogP contribution in [-0.4, -0.2) is 23.8 Å². The van der Waals surface area contributed by atoms with Crippen molar-refractivity contribution in [3.05, 3.63) is 48.0 Å². The van der Waals surface area contributed by atoms with Gasteiger partial charge in [0.15, 0.2) is 11.7 Å². The van der Waals surface area contributed by atoms with Crippen molar-refractivity contribution >= 4 is 44.4 Å². The third-order valence-corrected chi connectivity index (χ3v) is 4.94. The Morgan fingerprint density at radius 2 is 2.04 bits per heavy atom. The van der Waals surface area contributed by atoms with Crippen LogP contribution in [-0.2, 0) is 4.79 Å². The van der Waals surface area contributed by atoms with Crippen molar-refractivity contribution in [1.82, 2.24) is 4.98 Å². The predicted octanol–water partition coefficient (Wildman–Crippen LogP) is 4.34. The lowest BCUT2D eigenvalue weighted by Crippen LogP contribution is -2.19. The van der Waals surface area contributed by atoms with Crippen molar-refractivity contribution in [3.8, 4) is 5.75 Å². The number of thioether (sulfide) groups is 1. The molecule has 0 saturated heterocycles. The molecule has 3 rings (SSSR count). The normalized spacial score (nSPS) is 10.7. The summed E-state index contributed by atoms with van der Waals surface area (Å²) in [7, 11) is 0. The molecule has 0 radical (unpaired) electrons. The van der Waals surface area contributed by atoms with E-state index in [0.29, 0.717) is 10.9 Å². The molecule has 23 heavy (non-hydrogen) atoms. The van der Waals surface area contributed by atoms with Gasteiger partial charge < -0.3 is 4.74 Å². The van der Waals surface area contributed by atoms with Crippen LogP contribution < -0.4 is 10.1 Å². The maximum Gasteiger partial charge on any atom is 0.264 e. The van der Waals surface area contributed by atoms with Gasteiger partial charge in [-0.2, -0.15) is 0 Å². The minimum atomic E-state index is -0.213. The maximum absolute atomic E-state index is 12.0. The van der Waals surface area contributed by atoms with Crippen LogP contribution in [0.2, 0.25) is 0 Å². The number of aromatic nitrogens is 1. The van der Waals surface area contributed by atoms with E-state index in [1.54, 1.807) is 11.8 Å². The average Bonchev–Trinajstić information content (AvgIpc) is 2.96. The number of carbonyl (C=O) groups is 1. The minimum Gasteiger partial charge on any atom is -0.484 e. The van der Waals surface area contributed by atoms with Gasteiger partial charge in [-0.3, -0.25) is 10.1 Å². The van der Waals surface area contributed by atoms with Crippen LogP contribution in [0, 0.1) is 6.92 Å². The van der Waals surface area contributed by atoms with Gasteiger partial charge in [-0.1, -0.05) is 35.1 Å². The molecule has 118 valence electrons. The molecule has 0 fully saturated rings. The molecule has 4 nitrogen and oxygen atoms in total. The summed E-state index contributed by atoms with van der Waals surface area (Å²) in [4.78, 5) is 17.6. The number of hydrogen-bond acceptors (Lipinski definition) is 5. The highest BCUT2D eigenvalue weighted by Crippen LogP contribution is 2.32. The number of nitrogens with zero attached hydrogens (tertiary/aromatic N) is 1. The number of para-hydroxylation sites is 1. The Morgan fingerprint density at radius 3 is 2.78 bits per heavy atom. The van der Waals surface area contributed by atoms with Crippen LogP contribution in [0.1, 0.15) is 5.56 Å². The van der Waals surface area contributed by atoms with Crippen molar-refractivity contribution in [2.45, 2.75) is 11.8 Å². The first-order valence-electron chi connectivity index (χ1n) is 7.08. The van der Waals surface area contributed by atoms with Crippen LogP contribution in [0.15, 0.2) is 47.4 Å². The van der Waals surface area contributed by atoms with Gasteiger partial charge in [-0.25, -0.2) is 4.98 Å². The average molecular weight is 344 g/mol. The highest BCUT2D eigenvalue weighted by molar-refractivity contribution is 7.98. The fourth-order valence-corrected chi connectivity index (χ4v) is 3.62. The number of fused-ring (bicyclic) bond motifs is 1. The lowest BCUT2D eigenvalue weighted by atomic mass is 10.2. The van der Waals surface area contributed by atoms with Crippen molar-refractivity contribution < 1.29 is 9.53 Å². The Labute approximate surface area is 142 Å². The highest BCUT2D eigenvalue weighted by atomic mass is 32.2. The molecule has 0 bridgehead atoms. The number of carbonyl (C=O) groups excluding carboxylic acids is 1. The number of anilines is 1. The Balaban J connectivity index is 1.64. The molecule has 0 aliphatic heterocycles. The summed E-state index contributed by atoms with van der Waals surface area (Å²) in [5, 5.41) is 3.39. The van der Waals surface area contributed by atoms with Crippen LogP contribution in [0.5, 0.6) is 5.75 Å². The third kappa shape index (κ3) is 3.83. The van der Waals surface area contributed by atoms with Gasteiger partial charge in [0.25, 0.3) is 5.91 Å². The van der Waals surface area contributed by atoms with Gasteiger partial charge in [0.1, 0.15) is 5.75 Å². The first-order chi connectivity index (χ1) is 11.2. The van der Waals surface area contributed by atoms with Crippen molar-refractivity contribution in [3.63, 3.8) is 0 Å². The number of aryl methyl sites for hydroxylation is 1. The summed E-state index contributed by atoms with van der Waals surface area (Å²) in [5.41, 5.74) is 2.08. The Bertz CT molecular complexity index is 828. The molecule has 1 N–H and O–H groups in total. The molecule has 1 heterocycles. The van der Waals surface area contributed by atoms with E-state index in [1.165, 1.54) is 11.3 Å². The van der Waals surface area contributed by atoms with Gasteiger partial charge in [0.2, 0.25) is 0 Å². The first kappa shape index (κ1) is 15.8. The van der Waals surface area contributed by atoms with Crippen LogP contribution in [0.4, 0.5) is 5.13 Å². The number of hydrogen-bond donors (Lipinski definition) is 1. The number of thiazole rings is 1. The molecule has 0 saturated carbocycles. The molecule has 6 heteroatoms. The zero-order valence-corrected chi connectivity index (χ0v) is 14.5. The minimum absolute atomic E-state index is 0.0334. The maximum atomic E-state index is 12.0. The second-order valence-electron chi connectivity index (χ2n) is 4.98. The quantitative estimate of drug-likeness (QED) is 0.699. The highest BCUT2D eigenvalue weighted by Gasteiger charge is 2.10. The van der Waals surface area contributed by atoms with Crippen molar-refractivity contribution in [2.24, 2.45) is 0 Å². The van der Waals surface area contributed by atoms with Gasteiger partial charge in [0, 0.05) is 4.90 Å². The molecular weight excluding hydrogens is 328 g/mol. The molecule has 0 atom stereocenters. The van der Waals surface area contributed by atoms with Gasteiger partial charge in [-0.05, 0) is 37.4 Å². The standard InChI is InChI=1S/C17H16N2O2S2/c1-11-6-8-12(9-7-11)21-10-15(20)18-17-19-16-13(22-2)4-3-5-14(16)23-17/h3-9H,10H2,1-2H3,(H,18,19,20). The van der Waals surface area contributed by atoms with E-state index in [0.717, 1.165) is 20.7 Å². The predicted molar refractivity (Wildman–Crippen MR) is 96.7 cm³/mol. The van der Waals surface area contributed by atoms with Crippen LogP contribution >= 0.6 is 23.1 Å². The summed E-state index contributed by atoms with van der Waals surface area (Å²) in [6.45, 7) is 1.97. The Kier molecular flexibility index (Phi) is 4.83. The largest absolute Gasteiger partial charge is 0.484 e. The molecular formula is C17H16N2O2S2. The lowest BCUT2D eigenvalue weighted by Gasteiger charge is -2.05. The summed E-state index contributed by atoms with van der Waals surface area (Å²) in [5.74, 6) is 0.468. The number of nitrogens with one attached hydrogen (secondary N) is 1. The van der Waals surface area contributed by atoms with E-state index in [-0.39, 0.29) is 12.5 Å². The Morgan fingerprint density at radius 1 is 1.26 bits per heavy atom. The topological polar surface area (TPSA) is 51.2 Å². The fraction of sp³-hybridized carbons (Fsp3) is 0.176. The fourth-order valence-electron chi connectivity index (χ4n) is 2.08. The van der Waals surface area contributed by atoms with Crippen molar-refractivity contribution in [2.75, 3.05) is 18.2 Å². The van der Waals surface area contributed by atoms with Crippen LogP contribution in [0.25, 0.3) is 10.2 Å². The van der Waals surface area contributed by atoms with E-state index < -0.39 is 0 Å². The summed E-state index contributed by atoms with van der Waals surface area (Å²) < 4.78 is 6.54. The monoisotopic (exact) mass is 344 g/mol. The molecule has 0 spiro atoms. The second kappa shape index (κ2) is 7.02. The molecule has 1 aromatic heterocycles. The molecule has 1 amide bonds. The van der Waals surface area contributed by atoms with E-state index >= 15 is 0 Å². The number of benzene rings is 2. The molecule has 2 aromatic carbocycles. The van der Waals surface area contributed by atoms with E-state index in [4.69, 9.17) is 4.74 Å². The van der Waals surface area contributed by atoms with E-state index in [2.05, 4.69) is 10.3 Å².